The van der Waals surface area contributed by atoms with Gasteiger partial charge in [-0.1, -0.05) is 23.7 Å². The van der Waals surface area contributed by atoms with Crippen molar-refractivity contribution in [2.24, 2.45) is 0 Å². The van der Waals surface area contributed by atoms with Crippen molar-refractivity contribution in [1.29, 1.82) is 0 Å². The number of amides is 2. The molecule has 28 heavy (non-hydrogen) atoms. The summed E-state index contributed by atoms with van der Waals surface area (Å²) in [5, 5.41) is 9.13. The van der Waals surface area contributed by atoms with Crippen LogP contribution in [0.2, 0.25) is 5.02 Å². The van der Waals surface area contributed by atoms with Crippen LogP contribution in [0.15, 0.2) is 54.9 Å². The summed E-state index contributed by atoms with van der Waals surface area (Å²) < 4.78 is 0. The minimum Gasteiger partial charge on any atom is -0.340 e. The largest absolute Gasteiger partial charge is 0.340 e. The maximum Gasteiger partial charge on any atom is 0.274 e. The highest BCUT2D eigenvalue weighted by molar-refractivity contribution is 6.31. The van der Waals surface area contributed by atoms with Crippen LogP contribution in [0.4, 0.5) is 22.9 Å². The Morgan fingerprint density at radius 2 is 1.68 bits per heavy atom. The highest BCUT2D eigenvalue weighted by atomic mass is 35.5. The first kappa shape index (κ1) is 19.3. The van der Waals surface area contributed by atoms with E-state index in [0.717, 1.165) is 5.56 Å². The predicted molar refractivity (Wildman–Crippen MR) is 110 cm³/mol. The van der Waals surface area contributed by atoms with Crippen LogP contribution >= 0.6 is 11.6 Å². The number of hydrogen-bond donors (Lipinski definition) is 3. The number of carbonyl (C=O) groups excluding carboxylic acids is 2. The predicted octanol–water partition coefficient (Wildman–Crippen LogP) is 4.39. The molecule has 0 aliphatic heterocycles. The Bertz CT molecular complexity index is 1040. The first-order valence-corrected chi connectivity index (χ1v) is 8.83. The fraction of sp³-hybridized carbons (Fsp3) is 0.100. The second-order valence-electron chi connectivity index (χ2n) is 6.09. The molecule has 0 unspecified atom stereocenters. The van der Waals surface area contributed by atoms with E-state index >= 15 is 0 Å². The molecule has 0 bridgehead atoms. The lowest BCUT2D eigenvalue weighted by Crippen LogP contribution is -2.14. The van der Waals surface area contributed by atoms with E-state index in [1.807, 2.05) is 19.1 Å². The number of rotatable bonds is 5. The van der Waals surface area contributed by atoms with Crippen molar-refractivity contribution in [1.82, 2.24) is 9.97 Å². The van der Waals surface area contributed by atoms with Crippen LogP contribution in [-0.4, -0.2) is 21.8 Å². The number of nitrogens with one attached hydrogen (secondary N) is 3. The highest BCUT2D eigenvalue weighted by Crippen LogP contribution is 2.21. The minimum absolute atomic E-state index is 0.158. The van der Waals surface area contributed by atoms with Gasteiger partial charge in [-0.05, 0) is 42.8 Å². The molecule has 0 aliphatic rings. The molecule has 7 nitrogen and oxygen atoms in total. The van der Waals surface area contributed by atoms with Gasteiger partial charge in [-0.3, -0.25) is 9.59 Å². The van der Waals surface area contributed by atoms with Gasteiger partial charge in [0.2, 0.25) is 5.91 Å². The van der Waals surface area contributed by atoms with E-state index in [9.17, 15) is 9.59 Å². The number of aryl methyl sites for hydroxylation is 1. The Hall–Kier alpha value is -3.45. The molecule has 8 heteroatoms. The quantitative estimate of drug-likeness (QED) is 0.595. The third-order valence-corrected chi connectivity index (χ3v) is 4.19. The summed E-state index contributed by atoms with van der Waals surface area (Å²) in [5.41, 5.74) is 3.07. The van der Waals surface area contributed by atoms with Gasteiger partial charge in [0.15, 0.2) is 0 Å². The topological polar surface area (TPSA) is 96.0 Å². The summed E-state index contributed by atoms with van der Waals surface area (Å²) in [6.45, 7) is 3.33. The highest BCUT2D eigenvalue weighted by Gasteiger charge is 2.10. The van der Waals surface area contributed by atoms with Gasteiger partial charge < -0.3 is 16.0 Å². The Balaban J connectivity index is 1.73. The Labute approximate surface area is 167 Å². The summed E-state index contributed by atoms with van der Waals surface area (Å²) in [4.78, 5) is 31.8. The Kier molecular flexibility index (Phi) is 5.86. The van der Waals surface area contributed by atoms with Crippen LogP contribution in [0.25, 0.3) is 0 Å². The van der Waals surface area contributed by atoms with Crippen molar-refractivity contribution >= 4 is 46.3 Å². The zero-order chi connectivity index (χ0) is 20.1. The fourth-order valence-corrected chi connectivity index (χ4v) is 2.62. The van der Waals surface area contributed by atoms with Crippen LogP contribution in [0.5, 0.6) is 0 Å². The van der Waals surface area contributed by atoms with Gasteiger partial charge in [-0.15, -0.1) is 0 Å². The summed E-state index contributed by atoms with van der Waals surface area (Å²) in [5.74, 6) is -0.0891. The number of hydrogen-bond acceptors (Lipinski definition) is 5. The van der Waals surface area contributed by atoms with Crippen molar-refractivity contribution in [3.63, 3.8) is 0 Å². The first-order valence-electron chi connectivity index (χ1n) is 8.45. The molecular weight excluding hydrogens is 378 g/mol. The molecule has 0 saturated carbocycles. The summed E-state index contributed by atoms with van der Waals surface area (Å²) in [7, 11) is 0. The molecule has 0 atom stereocenters. The minimum atomic E-state index is -0.377. The molecule has 0 saturated heterocycles. The average molecular weight is 396 g/mol. The number of halogens is 1. The molecule has 0 aliphatic carbocycles. The third kappa shape index (κ3) is 5.05. The standard InChI is InChI=1S/C20H18ClN5O2/c1-12-6-7-16(9-17(12)21)26-20(28)18-10-19(23-11-22-18)25-15-5-3-4-14(8-15)24-13(2)27/h3-11H,1-2H3,(H,24,27)(H,26,28)(H,22,23,25). The van der Waals surface area contributed by atoms with Crippen molar-refractivity contribution in [2.75, 3.05) is 16.0 Å². The molecule has 3 aromatic rings. The molecular formula is C20H18ClN5O2. The summed E-state index contributed by atoms with van der Waals surface area (Å²) in [6, 6.07) is 14.0. The van der Waals surface area contributed by atoms with E-state index in [1.54, 1.807) is 30.3 Å². The van der Waals surface area contributed by atoms with Gasteiger partial charge in [-0.25, -0.2) is 9.97 Å². The zero-order valence-corrected chi connectivity index (χ0v) is 16.0. The van der Waals surface area contributed by atoms with Crippen LogP contribution in [0.1, 0.15) is 23.0 Å². The van der Waals surface area contributed by atoms with E-state index in [0.29, 0.717) is 27.9 Å². The third-order valence-electron chi connectivity index (χ3n) is 3.78. The van der Waals surface area contributed by atoms with Crippen molar-refractivity contribution in [2.45, 2.75) is 13.8 Å². The number of benzene rings is 2. The second-order valence-corrected chi connectivity index (χ2v) is 6.50. The molecule has 1 heterocycles. The average Bonchev–Trinajstić information content (AvgIpc) is 2.65. The summed E-state index contributed by atoms with van der Waals surface area (Å²) >= 11 is 6.09. The molecule has 0 radical (unpaired) electrons. The number of nitrogens with zero attached hydrogens (tertiary/aromatic N) is 2. The van der Waals surface area contributed by atoms with Gasteiger partial charge in [0, 0.05) is 35.1 Å². The van der Waals surface area contributed by atoms with E-state index in [4.69, 9.17) is 11.6 Å². The fourth-order valence-electron chi connectivity index (χ4n) is 2.44. The lowest BCUT2D eigenvalue weighted by molar-refractivity contribution is -0.114. The van der Waals surface area contributed by atoms with Gasteiger partial charge in [-0.2, -0.15) is 0 Å². The number of anilines is 4. The van der Waals surface area contributed by atoms with Crippen LogP contribution in [-0.2, 0) is 4.79 Å². The lowest BCUT2D eigenvalue weighted by atomic mass is 10.2. The van der Waals surface area contributed by atoms with Gasteiger partial charge in [0.1, 0.15) is 17.8 Å². The molecule has 1 aromatic heterocycles. The maximum absolute atomic E-state index is 12.5. The van der Waals surface area contributed by atoms with E-state index in [1.165, 1.54) is 19.3 Å². The van der Waals surface area contributed by atoms with Crippen LogP contribution in [0, 0.1) is 6.92 Å². The molecule has 3 N–H and O–H groups in total. The van der Waals surface area contributed by atoms with E-state index in [2.05, 4.69) is 25.9 Å². The van der Waals surface area contributed by atoms with Crippen molar-refractivity contribution < 1.29 is 9.59 Å². The Morgan fingerprint density at radius 1 is 0.929 bits per heavy atom. The van der Waals surface area contributed by atoms with Gasteiger partial charge in [0.05, 0.1) is 0 Å². The number of carbonyl (C=O) groups is 2. The Morgan fingerprint density at radius 3 is 2.43 bits per heavy atom. The van der Waals surface area contributed by atoms with Crippen LogP contribution < -0.4 is 16.0 Å². The second kappa shape index (κ2) is 8.49. The number of aromatic nitrogens is 2. The molecule has 0 spiro atoms. The van der Waals surface area contributed by atoms with E-state index in [-0.39, 0.29) is 17.5 Å². The SMILES string of the molecule is CC(=O)Nc1cccc(Nc2cc(C(=O)Nc3ccc(C)c(Cl)c3)ncn2)c1. The molecule has 2 amide bonds. The van der Waals surface area contributed by atoms with Gasteiger partial charge in [0.25, 0.3) is 5.91 Å². The monoisotopic (exact) mass is 395 g/mol. The molecule has 2 aromatic carbocycles. The molecule has 142 valence electrons. The molecule has 3 rings (SSSR count). The molecule has 0 fully saturated rings. The van der Waals surface area contributed by atoms with Crippen molar-refractivity contribution in [3.05, 3.63) is 71.1 Å². The first-order chi connectivity index (χ1) is 13.4. The summed E-state index contributed by atoms with van der Waals surface area (Å²) in [6.07, 6.45) is 1.30. The van der Waals surface area contributed by atoms with Crippen molar-refractivity contribution in [3.8, 4) is 0 Å². The zero-order valence-electron chi connectivity index (χ0n) is 15.3. The van der Waals surface area contributed by atoms with Crippen LogP contribution in [0.3, 0.4) is 0 Å². The normalized spacial score (nSPS) is 10.2. The van der Waals surface area contributed by atoms with Gasteiger partial charge >= 0.3 is 0 Å². The van der Waals surface area contributed by atoms with E-state index < -0.39 is 0 Å². The lowest BCUT2D eigenvalue weighted by Gasteiger charge is -2.10. The smallest absolute Gasteiger partial charge is 0.274 e. The maximum atomic E-state index is 12.5.